The Morgan fingerprint density at radius 2 is 2.07 bits per heavy atom. The summed E-state index contributed by atoms with van der Waals surface area (Å²) in [6.45, 7) is 3.46. The molecule has 2 nitrogen and oxygen atoms in total. The third-order valence-electron chi connectivity index (χ3n) is 1.73. The summed E-state index contributed by atoms with van der Waals surface area (Å²) in [5.74, 6) is 2.44. The van der Waals surface area contributed by atoms with Crippen molar-refractivity contribution in [2.45, 2.75) is 13.8 Å². The molecule has 0 saturated heterocycles. The maximum atomic E-state index is 13.3. The first-order valence-corrected chi connectivity index (χ1v) is 4.02. The van der Waals surface area contributed by atoms with Crippen LogP contribution in [0.2, 0.25) is 0 Å². The third kappa shape index (κ3) is 2.33. The Hall–Kier alpha value is -1.82. The number of carboxylic acid groups (broad SMARTS) is 1. The molecule has 0 bridgehead atoms. The van der Waals surface area contributed by atoms with Crippen LogP contribution in [0.3, 0.4) is 0 Å². The molecule has 3 heteroatoms. The van der Waals surface area contributed by atoms with Gasteiger partial charge in [0.05, 0.1) is 5.56 Å². The molecule has 72 valence electrons. The third-order valence-corrected chi connectivity index (χ3v) is 1.73. The van der Waals surface area contributed by atoms with Crippen molar-refractivity contribution in [2.24, 2.45) is 0 Å². The van der Waals surface area contributed by atoms with Crippen molar-refractivity contribution in [3.63, 3.8) is 0 Å². The maximum Gasteiger partial charge on any atom is 0.382 e. The standard InChI is InChI=1S/C11H9FO2/c1-7-5-8(2)9(10(12)6-7)3-4-11(13)14/h5-6H,1-2H3,(H,13,14). The second-order valence-corrected chi connectivity index (χ2v) is 2.99. The van der Waals surface area contributed by atoms with Crippen molar-refractivity contribution in [1.82, 2.24) is 0 Å². The highest BCUT2D eigenvalue weighted by Crippen LogP contribution is 2.14. The predicted molar refractivity (Wildman–Crippen MR) is 50.4 cm³/mol. The van der Waals surface area contributed by atoms with E-state index in [0.29, 0.717) is 5.56 Å². The number of aliphatic carboxylic acids is 1. The van der Waals surface area contributed by atoms with Crippen molar-refractivity contribution in [2.75, 3.05) is 0 Å². The number of hydrogen-bond acceptors (Lipinski definition) is 1. The van der Waals surface area contributed by atoms with E-state index in [1.165, 1.54) is 6.07 Å². The van der Waals surface area contributed by atoms with Crippen LogP contribution >= 0.6 is 0 Å². The second kappa shape index (κ2) is 3.93. The SMILES string of the molecule is Cc1cc(C)c(C#CC(=O)O)c(F)c1. The van der Waals surface area contributed by atoms with Crippen LogP contribution in [0, 0.1) is 31.5 Å². The van der Waals surface area contributed by atoms with Gasteiger partial charge in [0, 0.05) is 5.92 Å². The minimum Gasteiger partial charge on any atom is -0.472 e. The van der Waals surface area contributed by atoms with E-state index in [1.807, 2.05) is 5.92 Å². The largest absolute Gasteiger partial charge is 0.472 e. The number of carboxylic acids is 1. The molecule has 14 heavy (non-hydrogen) atoms. The van der Waals surface area contributed by atoms with Crippen LogP contribution in [-0.2, 0) is 4.79 Å². The van der Waals surface area contributed by atoms with E-state index in [0.717, 1.165) is 5.56 Å². The van der Waals surface area contributed by atoms with E-state index in [1.54, 1.807) is 19.9 Å². The zero-order valence-electron chi connectivity index (χ0n) is 7.89. The first-order valence-electron chi connectivity index (χ1n) is 4.02. The van der Waals surface area contributed by atoms with Gasteiger partial charge in [-0.2, -0.15) is 0 Å². The Kier molecular flexibility index (Phi) is 2.88. The number of hydrogen-bond donors (Lipinski definition) is 1. The van der Waals surface area contributed by atoms with Gasteiger partial charge in [0.2, 0.25) is 0 Å². The minimum atomic E-state index is -1.26. The lowest BCUT2D eigenvalue weighted by Gasteiger charge is -2.01. The summed E-state index contributed by atoms with van der Waals surface area (Å²) in [6, 6.07) is 3.09. The summed E-state index contributed by atoms with van der Waals surface area (Å²) in [4.78, 5) is 10.2. The zero-order valence-corrected chi connectivity index (χ0v) is 7.89. The normalized spacial score (nSPS) is 9.07. The van der Waals surface area contributed by atoms with Gasteiger partial charge in [0.25, 0.3) is 0 Å². The van der Waals surface area contributed by atoms with Crippen LogP contribution in [0.5, 0.6) is 0 Å². The van der Waals surface area contributed by atoms with Crippen LogP contribution in [0.25, 0.3) is 0 Å². The van der Waals surface area contributed by atoms with Crippen molar-refractivity contribution < 1.29 is 14.3 Å². The molecule has 0 heterocycles. The van der Waals surface area contributed by atoms with Crippen LogP contribution in [0.1, 0.15) is 16.7 Å². The summed E-state index contributed by atoms with van der Waals surface area (Å²) >= 11 is 0. The smallest absolute Gasteiger partial charge is 0.382 e. The molecule has 0 unspecified atom stereocenters. The molecule has 0 aliphatic rings. The number of carbonyl (C=O) groups is 1. The highest BCUT2D eigenvalue weighted by atomic mass is 19.1. The lowest BCUT2D eigenvalue weighted by molar-refractivity contribution is -0.130. The first kappa shape index (κ1) is 10.3. The van der Waals surface area contributed by atoms with Crippen molar-refractivity contribution in [3.8, 4) is 11.8 Å². The Morgan fingerprint density at radius 3 is 2.57 bits per heavy atom. The molecule has 0 fully saturated rings. The van der Waals surface area contributed by atoms with Gasteiger partial charge in [-0.05, 0) is 31.0 Å². The highest BCUT2D eigenvalue weighted by Gasteiger charge is 2.03. The summed E-state index contributed by atoms with van der Waals surface area (Å²) in [7, 11) is 0. The van der Waals surface area contributed by atoms with E-state index in [2.05, 4.69) is 5.92 Å². The van der Waals surface area contributed by atoms with E-state index in [9.17, 15) is 9.18 Å². The van der Waals surface area contributed by atoms with Crippen LogP contribution in [-0.4, -0.2) is 11.1 Å². The average molecular weight is 192 g/mol. The van der Waals surface area contributed by atoms with Gasteiger partial charge < -0.3 is 5.11 Å². The molecule has 0 radical (unpaired) electrons. The lowest BCUT2D eigenvalue weighted by Crippen LogP contribution is -1.93. The molecule has 0 atom stereocenters. The van der Waals surface area contributed by atoms with Crippen molar-refractivity contribution in [1.29, 1.82) is 0 Å². The van der Waals surface area contributed by atoms with Gasteiger partial charge in [-0.15, -0.1) is 0 Å². The van der Waals surface area contributed by atoms with Crippen LogP contribution in [0.4, 0.5) is 4.39 Å². The summed E-state index contributed by atoms with van der Waals surface area (Å²) < 4.78 is 13.3. The average Bonchev–Trinajstić information content (AvgIpc) is 2.01. The summed E-state index contributed by atoms with van der Waals surface area (Å²) in [5.41, 5.74) is 1.59. The Labute approximate surface area is 81.4 Å². The Balaban J connectivity index is 3.24. The fourth-order valence-corrected chi connectivity index (χ4v) is 1.19. The monoisotopic (exact) mass is 192 g/mol. The van der Waals surface area contributed by atoms with Gasteiger partial charge in [-0.3, -0.25) is 0 Å². The van der Waals surface area contributed by atoms with E-state index in [4.69, 9.17) is 5.11 Å². The summed E-state index contributed by atoms with van der Waals surface area (Å²) in [5, 5.41) is 8.32. The zero-order chi connectivity index (χ0) is 10.7. The first-order chi connectivity index (χ1) is 6.50. The molecule has 1 N–H and O–H groups in total. The fraction of sp³-hybridized carbons (Fsp3) is 0.182. The van der Waals surface area contributed by atoms with Crippen LogP contribution < -0.4 is 0 Å². The van der Waals surface area contributed by atoms with Gasteiger partial charge in [-0.1, -0.05) is 12.0 Å². The second-order valence-electron chi connectivity index (χ2n) is 2.99. The van der Waals surface area contributed by atoms with Crippen molar-refractivity contribution in [3.05, 3.63) is 34.6 Å². The number of halogens is 1. The molecular weight excluding hydrogens is 183 g/mol. The highest BCUT2D eigenvalue weighted by molar-refractivity contribution is 5.87. The number of aryl methyl sites for hydroxylation is 2. The molecule has 0 aliphatic carbocycles. The molecule has 0 amide bonds. The molecule has 0 aromatic heterocycles. The maximum absolute atomic E-state index is 13.3. The van der Waals surface area contributed by atoms with Gasteiger partial charge in [0.1, 0.15) is 5.82 Å². The molecular formula is C11H9FO2. The number of rotatable bonds is 0. The minimum absolute atomic E-state index is 0.151. The van der Waals surface area contributed by atoms with Gasteiger partial charge in [-0.25, -0.2) is 9.18 Å². The topological polar surface area (TPSA) is 37.3 Å². The van der Waals surface area contributed by atoms with E-state index < -0.39 is 11.8 Å². The molecule has 0 aliphatic heterocycles. The van der Waals surface area contributed by atoms with Crippen molar-refractivity contribution >= 4 is 5.97 Å². The fourth-order valence-electron chi connectivity index (χ4n) is 1.19. The summed E-state index contributed by atoms with van der Waals surface area (Å²) in [6.07, 6.45) is 0. The lowest BCUT2D eigenvalue weighted by atomic mass is 10.1. The van der Waals surface area contributed by atoms with Crippen LogP contribution in [0.15, 0.2) is 12.1 Å². The quantitative estimate of drug-likeness (QED) is 0.637. The molecule has 0 saturated carbocycles. The number of benzene rings is 1. The molecule has 1 aromatic rings. The van der Waals surface area contributed by atoms with Gasteiger partial charge in [0.15, 0.2) is 0 Å². The Bertz CT molecular complexity index is 415. The Morgan fingerprint density at radius 1 is 1.43 bits per heavy atom. The molecule has 0 spiro atoms. The van der Waals surface area contributed by atoms with Gasteiger partial charge >= 0.3 is 5.97 Å². The van der Waals surface area contributed by atoms with E-state index in [-0.39, 0.29) is 5.56 Å². The predicted octanol–water partition coefficient (Wildman–Crippen LogP) is 1.88. The molecule has 1 aromatic carbocycles. The molecule has 1 rings (SSSR count). The van der Waals surface area contributed by atoms with E-state index >= 15 is 0 Å².